The largest absolute Gasteiger partial charge is 0.497 e. The van der Waals surface area contributed by atoms with Crippen LogP contribution in [0.25, 0.3) is 0 Å². The van der Waals surface area contributed by atoms with Crippen molar-refractivity contribution in [1.29, 1.82) is 0 Å². The summed E-state index contributed by atoms with van der Waals surface area (Å²) < 4.78 is 33.0. The van der Waals surface area contributed by atoms with Crippen molar-refractivity contribution in [3.05, 3.63) is 118 Å². The highest BCUT2D eigenvalue weighted by molar-refractivity contribution is 6.10. The van der Waals surface area contributed by atoms with Crippen LogP contribution in [0.5, 0.6) is 5.75 Å². The fraction of sp³-hybridized carbons (Fsp3) is 0.200. The first-order valence-electron chi connectivity index (χ1n) is 12.0. The molecule has 0 fully saturated rings. The molecule has 37 heavy (non-hydrogen) atoms. The first-order chi connectivity index (χ1) is 17.9. The van der Waals surface area contributed by atoms with Crippen LogP contribution in [-0.4, -0.2) is 18.8 Å². The number of amides is 1. The van der Waals surface area contributed by atoms with Crippen molar-refractivity contribution < 1.29 is 23.1 Å². The van der Waals surface area contributed by atoms with Gasteiger partial charge in [-0.3, -0.25) is 9.59 Å². The number of anilines is 1. The van der Waals surface area contributed by atoms with E-state index < -0.39 is 23.5 Å². The second-order valence-corrected chi connectivity index (χ2v) is 9.28. The number of allylic oxidation sites excluding steroid dienone is 3. The molecule has 1 heterocycles. The van der Waals surface area contributed by atoms with Crippen molar-refractivity contribution in [2.75, 3.05) is 12.4 Å². The highest BCUT2D eigenvalue weighted by atomic mass is 19.1. The van der Waals surface area contributed by atoms with E-state index in [9.17, 15) is 18.4 Å². The highest BCUT2D eigenvalue weighted by Crippen LogP contribution is 2.46. The van der Waals surface area contributed by atoms with E-state index in [0.29, 0.717) is 41.5 Å². The molecular weight excluding hydrogens is 474 g/mol. The van der Waals surface area contributed by atoms with Crippen molar-refractivity contribution in [3.63, 3.8) is 0 Å². The summed E-state index contributed by atoms with van der Waals surface area (Å²) in [4.78, 5) is 27.2. The van der Waals surface area contributed by atoms with E-state index in [1.165, 1.54) is 6.07 Å². The zero-order valence-electron chi connectivity index (χ0n) is 20.5. The van der Waals surface area contributed by atoms with E-state index in [1.54, 1.807) is 26.2 Å². The number of Topliss-reactive ketones (excluding diaryl/α,β-unsaturated/α-hetero) is 1. The van der Waals surface area contributed by atoms with Crippen molar-refractivity contribution in [1.82, 2.24) is 5.32 Å². The number of hydrogen-bond donors (Lipinski definition) is 2. The van der Waals surface area contributed by atoms with Crippen LogP contribution in [0.15, 0.2) is 95.3 Å². The summed E-state index contributed by atoms with van der Waals surface area (Å²) in [6, 6.07) is 20.1. The van der Waals surface area contributed by atoms with Gasteiger partial charge in [0.25, 0.3) is 5.91 Å². The molecule has 0 radical (unpaired) electrons. The van der Waals surface area contributed by atoms with Gasteiger partial charge < -0.3 is 15.4 Å². The van der Waals surface area contributed by atoms with Crippen molar-refractivity contribution in [3.8, 4) is 5.75 Å². The van der Waals surface area contributed by atoms with Gasteiger partial charge in [-0.1, -0.05) is 42.5 Å². The minimum absolute atomic E-state index is 0.0213. The van der Waals surface area contributed by atoms with Crippen molar-refractivity contribution in [2.45, 2.75) is 31.6 Å². The summed E-state index contributed by atoms with van der Waals surface area (Å²) in [6.45, 7) is 1.77. The zero-order valence-corrected chi connectivity index (χ0v) is 20.5. The van der Waals surface area contributed by atoms with Crippen LogP contribution < -0.4 is 15.4 Å². The lowest BCUT2D eigenvalue weighted by atomic mass is 9.71. The van der Waals surface area contributed by atoms with Crippen LogP contribution in [0.3, 0.4) is 0 Å². The Morgan fingerprint density at radius 3 is 2.38 bits per heavy atom. The van der Waals surface area contributed by atoms with Crippen LogP contribution >= 0.6 is 0 Å². The van der Waals surface area contributed by atoms with Crippen molar-refractivity contribution >= 4 is 17.4 Å². The van der Waals surface area contributed by atoms with Gasteiger partial charge in [-0.05, 0) is 54.7 Å². The number of benzene rings is 3. The SMILES string of the molecule is COc1ccc(C2C(C(=O)Nc3ccc(F)cc3F)=C(C)NC3=C2C(=O)CC(c2ccccc2)C3)cc1. The molecule has 0 spiro atoms. The smallest absolute Gasteiger partial charge is 0.254 e. The summed E-state index contributed by atoms with van der Waals surface area (Å²) in [7, 11) is 1.56. The minimum Gasteiger partial charge on any atom is -0.497 e. The third kappa shape index (κ3) is 4.77. The Balaban J connectivity index is 1.56. The number of rotatable bonds is 5. The average molecular weight is 501 g/mol. The normalized spacial score (nSPS) is 19.3. The summed E-state index contributed by atoms with van der Waals surface area (Å²) in [5.41, 5.74) is 3.88. The van der Waals surface area contributed by atoms with Crippen LogP contribution in [0.2, 0.25) is 0 Å². The fourth-order valence-corrected chi connectivity index (χ4v) is 5.21. The van der Waals surface area contributed by atoms with Crippen LogP contribution in [0, 0.1) is 11.6 Å². The lowest BCUT2D eigenvalue weighted by Crippen LogP contribution is -2.37. The molecule has 2 atom stereocenters. The van der Waals surface area contributed by atoms with Crippen LogP contribution in [0.1, 0.15) is 42.7 Å². The second-order valence-electron chi connectivity index (χ2n) is 9.28. The summed E-state index contributed by atoms with van der Waals surface area (Å²) >= 11 is 0. The van der Waals surface area contributed by atoms with Gasteiger partial charge >= 0.3 is 0 Å². The van der Waals surface area contributed by atoms with Gasteiger partial charge in [0.2, 0.25) is 0 Å². The molecule has 188 valence electrons. The molecule has 1 amide bonds. The van der Waals surface area contributed by atoms with Crippen LogP contribution in [-0.2, 0) is 9.59 Å². The number of halogens is 2. The molecule has 7 heteroatoms. The topological polar surface area (TPSA) is 67.4 Å². The van der Waals surface area contributed by atoms with Crippen LogP contribution in [0.4, 0.5) is 14.5 Å². The second kappa shape index (κ2) is 10.0. The summed E-state index contributed by atoms with van der Waals surface area (Å²) in [5.74, 6) is -2.23. The predicted octanol–water partition coefficient (Wildman–Crippen LogP) is 5.97. The standard InChI is InChI=1S/C30H26F2N2O3/c1-17-27(30(36)34-24-13-10-21(31)16-23(24)32)28(19-8-11-22(37-2)12-9-19)29-25(33-17)14-20(15-26(29)35)18-6-4-3-5-7-18/h3-13,16,20,28,33H,14-15H2,1-2H3,(H,34,36). The number of ketones is 1. The zero-order chi connectivity index (χ0) is 26.1. The third-order valence-electron chi connectivity index (χ3n) is 6.97. The van der Waals surface area contributed by atoms with Crippen molar-refractivity contribution in [2.24, 2.45) is 0 Å². The Labute approximate surface area is 213 Å². The minimum atomic E-state index is -0.879. The van der Waals surface area contributed by atoms with Gasteiger partial charge in [0.1, 0.15) is 17.4 Å². The molecule has 5 rings (SSSR count). The molecule has 1 aliphatic heterocycles. The van der Waals surface area contributed by atoms with Gasteiger partial charge in [-0.25, -0.2) is 8.78 Å². The van der Waals surface area contributed by atoms with E-state index in [4.69, 9.17) is 4.74 Å². The summed E-state index contributed by atoms with van der Waals surface area (Å²) in [5, 5.41) is 5.88. The highest BCUT2D eigenvalue weighted by Gasteiger charge is 2.41. The van der Waals surface area contributed by atoms with Gasteiger partial charge in [0.15, 0.2) is 5.78 Å². The molecule has 0 bridgehead atoms. The number of hydrogen-bond acceptors (Lipinski definition) is 4. The molecular formula is C30H26F2N2O3. The Morgan fingerprint density at radius 1 is 0.973 bits per heavy atom. The Bertz CT molecular complexity index is 1430. The molecule has 0 saturated carbocycles. The molecule has 1 aliphatic carbocycles. The number of methoxy groups -OCH3 is 1. The maximum Gasteiger partial charge on any atom is 0.254 e. The van der Waals surface area contributed by atoms with Gasteiger partial charge in [0.05, 0.1) is 12.8 Å². The monoisotopic (exact) mass is 500 g/mol. The molecule has 2 unspecified atom stereocenters. The molecule has 3 aromatic rings. The molecule has 0 aromatic heterocycles. The maximum atomic E-state index is 14.3. The predicted molar refractivity (Wildman–Crippen MR) is 137 cm³/mol. The molecule has 0 saturated heterocycles. The average Bonchev–Trinajstić information content (AvgIpc) is 2.90. The number of dihydropyridines is 1. The number of nitrogens with one attached hydrogen (secondary N) is 2. The molecule has 3 aromatic carbocycles. The Hall–Kier alpha value is -4.26. The molecule has 2 N–H and O–H groups in total. The number of carbonyl (C=O) groups excluding carboxylic acids is 2. The van der Waals surface area contributed by atoms with Gasteiger partial charge in [-0.2, -0.15) is 0 Å². The lowest BCUT2D eigenvalue weighted by Gasteiger charge is -2.37. The quantitative estimate of drug-likeness (QED) is 0.453. The fourth-order valence-electron chi connectivity index (χ4n) is 5.21. The Morgan fingerprint density at radius 2 is 1.70 bits per heavy atom. The third-order valence-corrected chi connectivity index (χ3v) is 6.97. The van der Waals surface area contributed by atoms with E-state index in [0.717, 1.165) is 22.9 Å². The first kappa shape index (κ1) is 24.4. The van der Waals surface area contributed by atoms with E-state index in [-0.39, 0.29) is 17.4 Å². The van der Waals surface area contributed by atoms with Gasteiger partial charge in [-0.15, -0.1) is 0 Å². The van der Waals surface area contributed by atoms with E-state index in [1.807, 2.05) is 42.5 Å². The van der Waals surface area contributed by atoms with E-state index >= 15 is 0 Å². The lowest BCUT2D eigenvalue weighted by molar-refractivity contribution is -0.116. The van der Waals surface area contributed by atoms with Gasteiger partial charge in [0, 0.05) is 40.9 Å². The molecule has 5 nitrogen and oxygen atoms in total. The number of ether oxygens (including phenoxy) is 1. The first-order valence-corrected chi connectivity index (χ1v) is 12.0. The maximum absolute atomic E-state index is 14.3. The molecule has 2 aliphatic rings. The number of carbonyl (C=O) groups is 2. The summed E-state index contributed by atoms with van der Waals surface area (Å²) in [6.07, 6.45) is 0.939. The Kier molecular flexibility index (Phi) is 6.61. The van der Waals surface area contributed by atoms with E-state index in [2.05, 4.69) is 10.6 Å².